The van der Waals surface area contributed by atoms with Gasteiger partial charge in [0.05, 0.1) is 0 Å². The fourth-order valence-corrected chi connectivity index (χ4v) is 3.79. The average Bonchev–Trinajstić information content (AvgIpc) is 2.48. The second-order valence-corrected chi connectivity index (χ2v) is 7.30. The number of hydrogen-bond acceptors (Lipinski definition) is 3. The third-order valence-corrected chi connectivity index (χ3v) is 5.39. The van der Waals surface area contributed by atoms with E-state index in [1.54, 1.807) is 6.92 Å². The van der Waals surface area contributed by atoms with Crippen LogP contribution in [0.25, 0.3) is 0 Å². The Labute approximate surface area is 131 Å². The standard InChI is InChI=1S/C18H34N2O/c1-16-7-14-20(15-8-16)18-9-12-19(13-10-18)11-5-3-4-6-17(2)21/h16,18H,3-15H2,1-2H3. The van der Waals surface area contributed by atoms with Crippen LogP contribution < -0.4 is 0 Å². The van der Waals surface area contributed by atoms with Gasteiger partial charge < -0.3 is 14.6 Å². The van der Waals surface area contributed by atoms with Crippen molar-refractivity contribution in [2.75, 3.05) is 32.7 Å². The number of rotatable bonds is 7. The number of hydrogen-bond donors (Lipinski definition) is 0. The van der Waals surface area contributed by atoms with Crippen molar-refractivity contribution >= 4 is 5.78 Å². The quantitative estimate of drug-likeness (QED) is 0.673. The lowest BCUT2D eigenvalue weighted by Gasteiger charge is -2.41. The summed E-state index contributed by atoms with van der Waals surface area (Å²) in [5.41, 5.74) is 0. The highest BCUT2D eigenvalue weighted by Gasteiger charge is 2.26. The third-order valence-electron chi connectivity index (χ3n) is 5.39. The molecule has 21 heavy (non-hydrogen) atoms. The van der Waals surface area contributed by atoms with E-state index in [0.29, 0.717) is 5.78 Å². The minimum atomic E-state index is 0.340. The Hall–Kier alpha value is -0.410. The Morgan fingerprint density at radius 2 is 1.62 bits per heavy atom. The van der Waals surface area contributed by atoms with Crippen molar-refractivity contribution in [1.82, 2.24) is 9.80 Å². The van der Waals surface area contributed by atoms with Gasteiger partial charge in [-0.25, -0.2) is 0 Å². The first kappa shape index (κ1) is 17.0. The van der Waals surface area contributed by atoms with Gasteiger partial charge in [-0.1, -0.05) is 13.3 Å². The molecule has 0 saturated carbocycles. The number of ketones is 1. The number of unbranched alkanes of at least 4 members (excludes halogenated alkanes) is 2. The van der Waals surface area contributed by atoms with Gasteiger partial charge in [-0.05, 0) is 84.1 Å². The molecule has 0 N–H and O–H groups in total. The highest BCUT2D eigenvalue weighted by molar-refractivity contribution is 5.75. The molecular weight excluding hydrogens is 260 g/mol. The predicted molar refractivity (Wildman–Crippen MR) is 88.6 cm³/mol. The van der Waals surface area contributed by atoms with Crippen molar-refractivity contribution in [3.05, 3.63) is 0 Å². The molecule has 0 spiro atoms. The van der Waals surface area contributed by atoms with Crippen LogP contribution in [-0.4, -0.2) is 54.3 Å². The molecule has 0 atom stereocenters. The van der Waals surface area contributed by atoms with E-state index in [9.17, 15) is 4.79 Å². The van der Waals surface area contributed by atoms with Gasteiger partial charge in [0.25, 0.3) is 0 Å². The van der Waals surface area contributed by atoms with Gasteiger partial charge >= 0.3 is 0 Å². The number of carbonyl (C=O) groups is 1. The van der Waals surface area contributed by atoms with E-state index >= 15 is 0 Å². The SMILES string of the molecule is CC(=O)CCCCCN1CCC(N2CCC(C)CC2)CC1. The Bertz CT molecular complexity index is 302. The summed E-state index contributed by atoms with van der Waals surface area (Å²) in [6.45, 7) is 10.6. The maximum Gasteiger partial charge on any atom is 0.129 e. The lowest BCUT2D eigenvalue weighted by Crippen LogP contribution is -2.47. The minimum Gasteiger partial charge on any atom is -0.303 e. The van der Waals surface area contributed by atoms with Gasteiger partial charge in [0.1, 0.15) is 5.78 Å². The van der Waals surface area contributed by atoms with E-state index in [4.69, 9.17) is 0 Å². The van der Waals surface area contributed by atoms with Crippen molar-refractivity contribution in [3.8, 4) is 0 Å². The zero-order valence-electron chi connectivity index (χ0n) is 14.1. The summed E-state index contributed by atoms with van der Waals surface area (Å²) in [6.07, 6.45) is 9.85. The molecule has 2 heterocycles. The van der Waals surface area contributed by atoms with Crippen LogP contribution in [0.4, 0.5) is 0 Å². The number of likely N-dealkylation sites (tertiary alicyclic amines) is 2. The van der Waals surface area contributed by atoms with Crippen LogP contribution in [0.3, 0.4) is 0 Å². The lowest BCUT2D eigenvalue weighted by molar-refractivity contribution is -0.117. The molecule has 0 unspecified atom stereocenters. The normalized spacial score (nSPS) is 23.5. The van der Waals surface area contributed by atoms with Crippen LogP contribution in [-0.2, 0) is 4.79 Å². The molecule has 0 aromatic rings. The fraction of sp³-hybridized carbons (Fsp3) is 0.944. The van der Waals surface area contributed by atoms with E-state index in [0.717, 1.165) is 24.8 Å². The maximum atomic E-state index is 10.9. The molecule has 0 aliphatic carbocycles. The average molecular weight is 294 g/mol. The molecule has 2 aliphatic heterocycles. The van der Waals surface area contributed by atoms with Gasteiger partial charge in [0.15, 0.2) is 0 Å². The zero-order valence-corrected chi connectivity index (χ0v) is 14.1. The van der Waals surface area contributed by atoms with E-state index in [-0.39, 0.29) is 0 Å². The fourth-order valence-electron chi connectivity index (χ4n) is 3.79. The van der Waals surface area contributed by atoms with Crippen molar-refractivity contribution in [3.63, 3.8) is 0 Å². The summed E-state index contributed by atoms with van der Waals surface area (Å²) in [5, 5.41) is 0. The maximum absolute atomic E-state index is 10.9. The molecule has 0 amide bonds. The first-order chi connectivity index (χ1) is 10.1. The Morgan fingerprint density at radius 1 is 0.952 bits per heavy atom. The molecule has 2 fully saturated rings. The minimum absolute atomic E-state index is 0.340. The summed E-state index contributed by atoms with van der Waals surface area (Å²) in [5.74, 6) is 1.28. The van der Waals surface area contributed by atoms with Crippen molar-refractivity contribution < 1.29 is 4.79 Å². The lowest BCUT2D eigenvalue weighted by atomic mass is 9.95. The Kier molecular flexibility index (Phi) is 7.18. The van der Waals surface area contributed by atoms with E-state index < -0.39 is 0 Å². The summed E-state index contributed by atoms with van der Waals surface area (Å²) >= 11 is 0. The molecular formula is C18H34N2O. The number of Topliss-reactive ketones (excluding diaryl/α,β-unsaturated/α-hetero) is 1. The van der Waals surface area contributed by atoms with Gasteiger partial charge in [0, 0.05) is 12.5 Å². The van der Waals surface area contributed by atoms with Crippen LogP contribution in [0, 0.1) is 5.92 Å². The topological polar surface area (TPSA) is 23.6 Å². The van der Waals surface area contributed by atoms with E-state index in [1.807, 2.05) is 0 Å². The first-order valence-electron chi connectivity index (χ1n) is 9.11. The summed E-state index contributed by atoms with van der Waals surface area (Å²) < 4.78 is 0. The number of nitrogens with zero attached hydrogens (tertiary/aromatic N) is 2. The smallest absolute Gasteiger partial charge is 0.129 e. The second-order valence-electron chi connectivity index (χ2n) is 7.30. The van der Waals surface area contributed by atoms with Crippen molar-refractivity contribution in [2.45, 2.75) is 71.3 Å². The van der Waals surface area contributed by atoms with Gasteiger partial charge in [-0.2, -0.15) is 0 Å². The van der Waals surface area contributed by atoms with E-state index in [1.165, 1.54) is 71.2 Å². The van der Waals surface area contributed by atoms with Gasteiger partial charge in [-0.15, -0.1) is 0 Å². The summed E-state index contributed by atoms with van der Waals surface area (Å²) in [6, 6.07) is 0.853. The molecule has 122 valence electrons. The number of carbonyl (C=O) groups excluding carboxylic acids is 1. The van der Waals surface area contributed by atoms with Gasteiger partial charge in [-0.3, -0.25) is 0 Å². The zero-order chi connectivity index (χ0) is 15.1. The summed E-state index contributed by atoms with van der Waals surface area (Å²) in [4.78, 5) is 16.3. The number of piperidine rings is 2. The largest absolute Gasteiger partial charge is 0.303 e. The molecule has 2 rings (SSSR count). The monoisotopic (exact) mass is 294 g/mol. The summed E-state index contributed by atoms with van der Waals surface area (Å²) in [7, 11) is 0. The molecule has 0 radical (unpaired) electrons. The van der Waals surface area contributed by atoms with Crippen molar-refractivity contribution in [1.29, 1.82) is 0 Å². The van der Waals surface area contributed by atoms with Gasteiger partial charge in [0.2, 0.25) is 0 Å². The molecule has 3 nitrogen and oxygen atoms in total. The molecule has 0 bridgehead atoms. The highest BCUT2D eigenvalue weighted by atomic mass is 16.1. The van der Waals surface area contributed by atoms with Crippen molar-refractivity contribution in [2.24, 2.45) is 5.92 Å². The molecule has 2 aliphatic rings. The predicted octanol–water partition coefficient (Wildman–Crippen LogP) is 3.33. The van der Waals surface area contributed by atoms with E-state index in [2.05, 4.69) is 16.7 Å². The van der Waals surface area contributed by atoms with Crippen LogP contribution in [0.1, 0.15) is 65.2 Å². The Morgan fingerprint density at radius 3 is 2.24 bits per heavy atom. The second kappa shape index (κ2) is 8.89. The molecule has 0 aromatic carbocycles. The highest BCUT2D eigenvalue weighted by Crippen LogP contribution is 2.23. The molecule has 0 aromatic heterocycles. The van der Waals surface area contributed by atoms with Crippen LogP contribution in [0.5, 0.6) is 0 Å². The van der Waals surface area contributed by atoms with Crippen LogP contribution in [0.2, 0.25) is 0 Å². The molecule has 3 heteroatoms. The van der Waals surface area contributed by atoms with Crippen LogP contribution in [0.15, 0.2) is 0 Å². The van der Waals surface area contributed by atoms with Crippen LogP contribution >= 0.6 is 0 Å². The Balaban J connectivity index is 1.55. The third kappa shape index (κ3) is 6.07. The first-order valence-corrected chi connectivity index (χ1v) is 9.11. The molecule has 2 saturated heterocycles.